The molecule has 0 unspecified atom stereocenters. The smallest absolute Gasteiger partial charge is 0.205 e. The summed E-state index contributed by atoms with van der Waals surface area (Å²) in [5.41, 5.74) is 2.56. The molecular formula is C8H8N2O. The highest BCUT2D eigenvalue weighted by Crippen LogP contribution is 2.06. The van der Waals surface area contributed by atoms with Crippen LogP contribution in [0.1, 0.15) is 5.69 Å². The molecule has 2 aromatic heterocycles. The second kappa shape index (κ2) is 1.99. The van der Waals surface area contributed by atoms with Crippen LogP contribution in [0.15, 0.2) is 23.1 Å². The molecule has 3 nitrogen and oxygen atoms in total. The number of aromatic amines is 2. The third kappa shape index (κ3) is 0.852. The van der Waals surface area contributed by atoms with E-state index in [0.29, 0.717) is 5.52 Å². The van der Waals surface area contributed by atoms with Crippen LogP contribution in [0.25, 0.3) is 11.0 Å². The topological polar surface area (TPSA) is 48.6 Å². The molecule has 0 amide bonds. The molecule has 3 heteroatoms. The van der Waals surface area contributed by atoms with Gasteiger partial charge in [-0.1, -0.05) is 0 Å². The van der Waals surface area contributed by atoms with E-state index in [1.807, 2.05) is 13.0 Å². The lowest BCUT2D eigenvalue weighted by Gasteiger charge is -1.84. The van der Waals surface area contributed by atoms with Crippen molar-refractivity contribution in [2.75, 3.05) is 0 Å². The zero-order valence-electron chi connectivity index (χ0n) is 6.14. The number of pyridine rings is 1. The molecule has 2 aromatic rings. The predicted molar refractivity (Wildman–Crippen MR) is 43.7 cm³/mol. The van der Waals surface area contributed by atoms with E-state index < -0.39 is 0 Å². The summed E-state index contributed by atoms with van der Waals surface area (Å²) in [6.45, 7) is 1.92. The van der Waals surface area contributed by atoms with Gasteiger partial charge in [0.2, 0.25) is 5.43 Å². The van der Waals surface area contributed by atoms with Crippen LogP contribution in [0.2, 0.25) is 0 Å². The third-order valence-electron chi connectivity index (χ3n) is 1.67. The zero-order valence-corrected chi connectivity index (χ0v) is 6.14. The monoisotopic (exact) mass is 148 g/mol. The lowest BCUT2D eigenvalue weighted by atomic mass is 10.4. The quantitative estimate of drug-likeness (QED) is 0.578. The van der Waals surface area contributed by atoms with E-state index in [1.54, 1.807) is 6.20 Å². The highest BCUT2D eigenvalue weighted by molar-refractivity contribution is 5.75. The van der Waals surface area contributed by atoms with E-state index >= 15 is 0 Å². The van der Waals surface area contributed by atoms with Crippen molar-refractivity contribution in [1.29, 1.82) is 0 Å². The number of hydrogen-bond acceptors (Lipinski definition) is 1. The fraction of sp³-hybridized carbons (Fsp3) is 0.125. The second-order valence-corrected chi connectivity index (χ2v) is 2.58. The predicted octanol–water partition coefficient (Wildman–Crippen LogP) is 1.16. The fourth-order valence-electron chi connectivity index (χ4n) is 1.19. The minimum atomic E-state index is 0.0341. The number of nitrogens with one attached hydrogen (secondary N) is 2. The van der Waals surface area contributed by atoms with Crippen molar-refractivity contribution in [3.8, 4) is 0 Å². The Kier molecular flexibility index (Phi) is 1.12. The van der Waals surface area contributed by atoms with Gasteiger partial charge in [-0.2, -0.15) is 0 Å². The van der Waals surface area contributed by atoms with Gasteiger partial charge in [0.15, 0.2) is 0 Å². The van der Waals surface area contributed by atoms with Gasteiger partial charge < -0.3 is 9.97 Å². The summed E-state index contributed by atoms with van der Waals surface area (Å²) in [6, 6.07) is 3.43. The maximum absolute atomic E-state index is 11.1. The zero-order chi connectivity index (χ0) is 7.84. The highest BCUT2D eigenvalue weighted by atomic mass is 16.1. The Morgan fingerprint density at radius 1 is 1.45 bits per heavy atom. The molecule has 2 N–H and O–H groups in total. The minimum absolute atomic E-state index is 0.0341. The van der Waals surface area contributed by atoms with Crippen LogP contribution in [0, 0.1) is 6.92 Å². The molecule has 56 valence electrons. The van der Waals surface area contributed by atoms with E-state index in [2.05, 4.69) is 9.97 Å². The maximum atomic E-state index is 11.1. The molecule has 11 heavy (non-hydrogen) atoms. The summed E-state index contributed by atoms with van der Waals surface area (Å²) in [5, 5.41) is 0. The van der Waals surface area contributed by atoms with E-state index in [-0.39, 0.29) is 5.43 Å². The van der Waals surface area contributed by atoms with Gasteiger partial charge >= 0.3 is 0 Å². The van der Waals surface area contributed by atoms with Crippen LogP contribution in [-0.2, 0) is 0 Å². The molecular weight excluding hydrogens is 140 g/mol. The van der Waals surface area contributed by atoms with Crippen LogP contribution in [0.4, 0.5) is 0 Å². The molecule has 2 rings (SSSR count). The van der Waals surface area contributed by atoms with Crippen LogP contribution < -0.4 is 5.43 Å². The van der Waals surface area contributed by atoms with Crippen LogP contribution >= 0.6 is 0 Å². The van der Waals surface area contributed by atoms with Gasteiger partial charge in [0.25, 0.3) is 0 Å². The first kappa shape index (κ1) is 6.22. The van der Waals surface area contributed by atoms with Crippen molar-refractivity contribution in [2.45, 2.75) is 6.92 Å². The number of rotatable bonds is 0. The molecule has 0 radical (unpaired) electrons. The highest BCUT2D eigenvalue weighted by Gasteiger charge is 1.98. The van der Waals surface area contributed by atoms with E-state index in [1.165, 1.54) is 6.07 Å². The first-order chi connectivity index (χ1) is 5.27. The van der Waals surface area contributed by atoms with E-state index in [4.69, 9.17) is 0 Å². The number of H-pyrrole nitrogens is 2. The molecule has 0 spiro atoms. The number of aromatic nitrogens is 2. The fourth-order valence-corrected chi connectivity index (χ4v) is 1.19. The molecule has 0 atom stereocenters. The van der Waals surface area contributed by atoms with Crippen LogP contribution in [-0.4, -0.2) is 9.97 Å². The molecule has 0 aliphatic rings. The standard InChI is InChI=1S/C8H8N2O/c1-5-4-6-8(10-5)7(11)2-3-9-6/h2-4,10H,1H3,(H,9,11). The summed E-state index contributed by atoms with van der Waals surface area (Å²) in [4.78, 5) is 17.1. The molecule has 0 saturated heterocycles. The first-order valence-corrected chi connectivity index (χ1v) is 3.44. The SMILES string of the molecule is Cc1cc2[nH]ccc(=O)c2[nH]1. The summed E-state index contributed by atoms with van der Waals surface area (Å²) >= 11 is 0. The Morgan fingerprint density at radius 2 is 2.27 bits per heavy atom. The Balaban J connectivity index is 3.02. The van der Waals surface area contributed by atoms with Gasteiger partial charge in [0, 0.05) is 18.0 Å². The number of aryl methyl sites for hydroxylation is 1. The Morgan fingerprint density at radius 3 is 3.00 bits per heavy atom. The van der Waals surface area contributed by atoms with Crippen LogP contribution in [0.5, 0.6) is 0 Å². The third-order valence-corrected chi connectivity index (χ3v) is 1.67. The van der Waals surface area contributed by atoms with Crippen molar-refractivity contribution in [3.63, 3.8) is 0 Å². The molecule has 0 fully saturated rings. The van der Waals surface area contributed by atoms with E-state index in [9.17, 15) is 4.79 Å². The van der Waals surface area contributed by atoms with Gasteiger partial charge in [0.1, 0.15) is 5.52 Å². The van der Waals surface area contributed by atoms with Gasteiger partial charge in [-0.15, -0.1) is 0 Å². The summed E-state index contributed by atoms with van der Waals surface area (Å²) < 4.78 is 0. The summed E-state index contributed by atoms with van der Waals surface area (Å²) in [6.07, 6.45) is 1.65. The van der Waals surface area contributed by atoms with Gasteiger partial charge in [-0.3, -0.25) is 4.79 Å². The van der Waals surface area contributed by atoms with Crippen molar-refractivity contribution < 1.29 is 0 Å². The molecule has 0 aliphatic heterocycles. The number of fused-ring (bicyclic) bond motifs is 1. The number of hydrogen-bond donors (Lipinski definition) is 2. The summed E-state index contributed by atoms with van der Waals surface area (Å²) in [5.74, 6) is 0. The Bertz CT molecular complexity index is 439. The van der Waals surface area contributed by atoms with Gasteiger partial charge in [-0.05, 0) is 13.0 Å². The van der Waals surface area contributed by atoms with Crippen molar-refractivity contribution in [2.24, 2.45) is 0 Å². The lowest BCUT2D eigenvalue weighted by molar-refractivity contribution is 1.29. The molecule has 0 bridgehead atoms. The van der Waals surface area contributed by atoms with Crippen molar-refractivity contribution >= 4 is 11.0 Å². The lowest BCUT2D eigenvalue weighted by Crippen LogP contribution is -1.98. The Hall–Kier alpha value is -1.51. The van der Waals surface area contributed by atoms with Crippen LogP contribution in [0.3, 0.4) is 0 Å². The molecule has 0 saturated carbocycles. The Labute approximate surface area is 63.1 Å². The van der Waals surface area contributed by atoms with Gasteiger partial charge in [-0.25, -0.2) is 0 Å². The van der Waals surface area contributed by atoms with E-state index in [0.717, 1.165) is 11.2 Å². The maximum Gasteiger partial charge on any atom is 0.205 e. The molecule has 2 heterocycles. The van der Waals surface area contributed by atoms with Gasteiger partial charge in [0.05, 0.1) is 5.52 Å². The summed E-state index contributed by atoms with van der Waals surface area (Å²) in [7, 11) is 0. The van der Waals surface area contributed by atoms with Crippen molar-refractivity contribution in [1.82, 2.24) is 9.97 Å². The first-order valence-electron chi connectivity index (χ1n) is 3.44. The normalized spacial score (nSPS) is 10.6. The minimum Gasteiger partial charge on any atom is -0.360 e. The average Bonchev–Trinajstić information content (AvgIpc) is 2.31. The van der Waals surface area contributed by atoms with Crippen molar-refractivity contribution in [3.05, 3.63) is 34.2 Å². The average molecular weight is 148 g/mol. The largest absolute Gasteiger partial charge is 0.360 e. The molecule has 0 aromatic carbocycles. The second-order valence-electron chi connectivity index (χ2n) is 2.58. The molecule has 0 aliphatic carbocycles.